The molecule has 90 valence electrons. The third-order valence-corrected chi connectivity index (χ3v) is 3.97. The number of nitrogens with one attached hydrogen (secondary N) is 1. The van der Waals surface area contributed by atoms with Crippen molar-refractivity contribution in [3.05, 3.63) is 18.2 Å². The fourth-order valence-corrected chi connectivity index (χ4v) is 2.96. The van der Waals surface area contributed by atoms with Crippen LogP contribution in [-0.2, 0) is 4.79 Å². The summed E-state index contributed by atoms with van der Waals surface area (Å²) in [6, 6.07) is 5.26. The molecule has 0 aromatic heterocycles. The molecule has 4 nitrogen and oxygen atoms in total. The highest BCUT2D eigenvalue weighted by Crippen LogP contribution is 2.49. The van der Waals surface area contributed by atoms with E-state index in [0.29, 0.717) is 0 Å². The van der Waals surface area contributed by atoms with Crippen molar-refractivity contribution < 1.29 is 9.90 Å². The average molecular weight is 232 g/mol. The molecule has 0 radical (unpaired) electrons. The van der Waals surface area contributed by atoms with Gasteiger partial charge in [-0.3, -0.25) is 4.79 Å². The second-order valence-electron chi connectivity index (χ2n) is 4.76. The second-order valence-corrected chi connectivity index (χ2v) is 4.76. The van der Waals surface area contributed by atoms with Crippen LogP contribution in [0.5, 0.6) is 5.75 Å². The summed E-state index contributed by atoms with van der Waals surface area (Å²) in [5.41, 5.74) is 1.07. The van der Waals surface area contributed by atoms with Crippen molar-refractivity contribution in [1.29, 1.82) is 0 Å². The number of benzene rings is 1. The molecule has 2 N–H and O–H groups in total. The Morgan fingerprint density at radius 3 is 2.82 bits per heavy atom. The van der Waals surface area contributed by atoms with E-state index < -0.39 is 5.54 Å². The van der Waals surface area contributed by atoms with Gasteiger partial charge in [-0.1, -0.05) is 6.07 Å². The third kappa shape index (κ3) is 1.21. The first-order valence-electron chi connectivity index (χ1n) is 6.10. The van der Waals surface area contributed by atoms with E-state index in [-0.39, 0.29) is 11.7 Å². The number of phenols is 1. The number of nitrogens with zero attached hydrogens (tertiary/aromatic N) is 1. The van der Waals surface area contributed by atoms with Crippen molar-refractivity contribution in [1.82, 2.24) is 0 Å². The lowest BCUT2D eigenvalue weighted by Crippen LogP contribution is -2.63. The lowest BCUT2D eigenvalue weighted by molar-refractivity contribution is -0.124. The van der Waals surface area contributed by atoms with E-state index in [1.165, 1.54) is 0 Å². The molecule has 1 aromatic carbocycles. The van der Waals surface area contributed by atoms with Crippen molar-refractivity contribution >= 4 is 17.3 Å². The molecule has 17 heavy (non-hydrogen) atoms. The SMILES string of the molecule is CCN1c2c(O)cccc2NC(=O)C12CCC2. The van der Waals surface area contributed by atoms with Gasteiger partial charge in [-0.25, -0.2) is 0 Å². The molecule has 3 rings (SSSR count). The summed E-state index contributed by atoms with van der Waals surface area (Å²) in [7, 11) is 0. The lowest BCUT2D eigenvalue weighted by atomic mass is 9.73. The van der Waals surface area contributed by atoms with Crippen molar-refractivity contribution in [3.63, 3.8) is 0 Å². The summed E-state index contributed by atoms with van der Waals surface area (Å²) >= 11 is 0. The number of anilines is 2. The zero-order valence-corrected chi connectivity index (χ0v) is 9.86. The molecule has 2 aliphatic rings. The van der Waals surface area contributed by atoms with Gasteiger partial charge in [-0.15, -0.1) is 0 Å². The molecule has 1 saturated carbocycles. The average Bonchev–Trinajstić information content (AvgIpc) is 2.25. The van der Waals surface area contributed by atoms with Gasteiger partial charge in [0.15, 0.2) is 0 Å². The van der Waals surface area contributed by atoms with Crippen LogP contribution in [0, 0.1) is 0 Å². The Morgan fingerprint density at radius 2 is 2.24 bits per heavy atom. The summed E-state index contributed by atoms with van der Waals surface area (Å²) in [4.78, 5) is 14.3. The maximum Gasteiger partial charge on any atom is 0.250 e. The fourth-order valence-electron chi connectivity index (χ4n) is 2.96. The van der Waals surface area contributed by atoms with Gasteiger partial charge in [-0.05, 0) is 38.3 Å². The highest BCUT2D eigenvalue weighted by atomic mass is 16.3. The molecule has 1 fully saturated rings. The van der Waals surface area contributed by atoms with Crippen LogP contribution < -0.4 is 10.2 Å². The zero-order chi connectivity index (χ0) is 12.0. The Bertz CT molecular complexity index is 480. The molecule has 1 aliphatic carbocycles. The van der Waals surface area contributed by atoms with Gasteiger partial charge in [0.25, 0.3) is 0 Å². The predicted octanol–water partition coefficient (Wildman–Crippen LogP) is 2.09. The van der Waals surface area contributed by atoms with Gasteiger partial charge in [0, 0.05) is 6.54 Å². The third-order valence-electron chi connectivity index (χ3n) is 3.97. The topological polar surface area (TPSA) is 52.6 Å². The Balaban J connectivity index is 2.16. The predicted molar refractivity (Wildman–Crippen MR) is 66.3 cm³/mol. The molecule has 1 aromatic rings. The largest absolute Gasteiger partial charge is 0.506 e. The molecule has 1 aliphatic heterocycles. The molecule has 1 spiro atoms. The van der Waals surface area contributed by atoms with Crippen LogP contribution >= 0.6 is 0 Å². The van der Waals surface area contributed by atoms with Crippen LogP contribution in [0.15, 0.2) is 18.2 Å². The fraction of sp³-hybridized carbons (Fsp3) is 0.462. The summed E-state index contributed by atoms with van der Waals surface area (Å²) in [6.07, 6.45) is 2.83. The smallest absolute Gasteiger partial charge is 0.250 e. The Hall–Kier alpha value is -1.71. The van der Waals surface area contributed by atoms with Crippen LogP contribution in [0.25, 0.3) is 0 Å². The van der Waals surface area contributed by atoms with E-state index in [2.05, 4.69) is 10.2 Å². The van der Waals surface area contributed by atoms with Crippen LogP contribution in [0.2, 0.25) is 0 Å². The minimum Gasteiger partial charge on any atom is -0.506 e. The molecule has 0 saturated heterocycles. The number of amides is 1. The number of rotatable bonds is 1. The highest BCUT2D eigenvalue weighted by molar-refractivity contribution is 6.08. The van der Waals surface area contributed by atoms with Crippen LogP contribution in [0.3, 0.4) is 0 Å². The van der Waals surface area contributed by atoms with E-state index in [1.54, 1.807) is 12.1 Å². The number of likely N-dealkylation sites (N-methyl/N-ethyl adjacent to an activating group) is 1. The van der Waals surface area contributed by atoms with E-state index in [1.807, 2.05) is 13.0 Å². The van der Waals surface area contributed by atoms with Gasteiger partial charge < -0.3 is 15.3 Å². The molecular weight excluding hydrogens is 216 g/mol. The van der Waals surface area contributed by atoms with Gasteiger partial charge >= 0.3 is 0 Å². The second kappa shape index (κ2) is 3.39. The standard InChI is InChI=1S/C13H16N2O2/c1-2-15-11-9(5-3-6-10(11)16)14-12(17)13(15)7-4-8-13/h3,5-6,16H,2,4,7-8H2,1H3,(H,14,17). The molecule has 1 amide bonds. The van der Waals surface area contributed by atoms with E-state index >= 15 is 0 Å². The monoisotopic (exact) mass is 232 g/mol. The maximum atomic E-state index is 12.2. The number of aromatic hydroxyl groups is 1. The molecule has 0 bridgehead atoms. The number of para-hydroxylation sites is 1. The number of hydrogen-bond acceptors (Lipinski definition) is 3. The number of carbonyl (C=O) groups is 1. The van der Waals surface area contributed by atoms with E-state index in [0.717, 1.165) is 37.2 Å². The number of fused-ring (bicyclic) bond motifs is 1. The maximum absolute atomic E-state index is 12.2. The summed E-state index contributed by atoms with van der Waals surface area (Å²) in [5, 5.41) is 12.9. The number of phenolic OH excluding ortho intramolecular Hbond substituents is 1. The Morgan fingerprint density at radius 1 is 1.47 bits per heavy atom. The highest BCUT2D eigenvalue weighted by Gasteiger charge is 2.52. The zero-order valence-electron chi connectivity index (χ0n) is 9.86. The van der Waals surface area contributed by atoms with Gasteiger partial charge in [0.2, 0.25) is 5.91 Å². The lowest BCUT2D eigenvalue weighted by Gasteiger charge is -2.52. The summed E-state index contributed by atoms with van der Waals surface area (Å²) in [5.74, 6) is 0.319. The van der Waals surface area contributed by atoms with Crippen molar-refractivity contribution in [2.75, 3.05) is 16.8 Å². The van der Waals surface area contributed by atoms with Crippen molar-refractivity contribution in [2.45, 2.75) is 31.7 Å². The first-order valence-corrected chi connectivity index (χ1v) is 6.10. The summed E-state index contributed by atoms with van der Waals surface area (Å²) < 4.78 is 0. The number of hydrogen-bond donors (Lipinski definition) is 2. The van der Waals surface area contributed by atoms with E-state index in [9.17, 15) is 9.90 Å². The van der Waals surface area contributed by atoms with Gasteiger partial charge in [0.1, 0.15) is 17.0 Å². The molecule has 0 atom stereocenters. The van der Waals surface area contributed by atoms with Crippen molar-refractivity contribution in [3.8, 4) is 5.75 Å². The van der Waals surface area contributed by atoms with Crippen LogP contribution in [-0.4, -0.2) is 23.1 Å². The number of carbonyl (C=O) groups excluding carboxylic acids is 1. The molecule has 4 heteroatoms. The van der Waals surface area contributed by atoms with Crippen LogP contribution in [0.1, 0.15) is 26.2 Å². The van der Waals surface area contributed by atoms with Crippen LogP contribution in [0.4, 0.5) is 11.4 Å². The Labute approximate surface area is 100 Å². The minimum absolute atomic E-state index is 0.0729. The van der Waals surface area contributed by atoms with Crippen molar-refractivity contribution in [2.24, 2.45) is 0 Å². The minimum atomic E-state index is -0.416. The van der Waals surface area contributed by atoms with E-state index in [4.69, 9.17) is 0 Å². The van der Waals surface area contributed by atoms with Gasteiger partial charge in [0.05, 0.1) is 5.69 Å². The molecule has 0 unspecified atom stereocenters. The van der Waals surface area contributed by atoms with Gasteiger partial charge in [-0.2, -0.15) is 0 Å². The molecule has 1 heterocycles. The first kappa shape index (κ1) is 10.4. The Kier molecular flexibility index (Phi) is 2.08. The molecular formula is C13H16N2O2. The summed E-state index contributed by atoms with van der Waals surface area (Å²) in [6.45, 7) is 2.76. The quantitative estimate of drug-likeness (QED) is 0.779. The normalized spacial score (nSPS) is 20.8. The first-order chi connectivity index (χ1) is 8.19.